The maximum absolute atomic E-state index is 12.8. The molecule has 0 spiro atoms. The summed E-state index contributed by atoms with van der Waals surface area (Å²) in [6, 6.07) is 3.31. The van der Waals surface area contributed by atoms with Crippen molar-refractivity contribution in [1.29, 1.82) is 0 Å². The van der Waals surface area contributed by atoms with Crippen LogP contribution in [0.4, 0.5) is 17.6 Å². The summed E-state index contributed by atoms with van der Waals surface area (Å²) in [4.78, 5) is 0. The van der Waals surface area contributed by atoms with Crippen LogP contribution in [0.1, 0.15) is 5.56 Å². The molecule has 5 heteroatoms. The Balaban J connectivity index is 2.77. The third-order valence-electron chi connectivity index (χ3n) is 1.53. The van der Waals surface area contributed by atoms with E-state index >= 15 is 0 Å². The molecular formula is C10H8F4O. The largest absolute Gasteiger partial charge is 0.484 e. The molecule has 0 bridgehead atoms. The predicted molar refractivity (Wildman–Crippen MR) is 48.0 cm³/mol. The average molecular weight is 220 g/mol. The second kappa shape index (κ2) is 4.33. The van der Waals surface area contributed by atoms with E-state index in [-0.39, 0.29) is 5.75 Å². The second-order valence-electron chi connectivity index (χ2n) is 2.83. The fraction of sp³-hybridized carbons (Fsp3) is 0.200. The molecule has 1 aromatic rings. The molecule has 0 heterocycles. The molecule has 0 unspecified atom stereocenters. The van der Waals surface area contributed by atoms with E-state index in [0.717, 1.165) is 12.1 Å². The number of hydrogen-bond donors (Lipinski definition) is 0. The lowest BCUT2D eigenvalue weighted by atomic mass is 10.2. The van der Waals surface area contributed by atoms with Gasteiger partial charge in [0.1, 0.15) is 11.6 Å². The fourth-order valence-electron chi connectivity index (χ4n) is 0.951. The topological polar surface area (TPSA) is 9.23 Å². The van der Waals surface area contributed by atoms with Crippen molar-refractivity contribution in [1.82, 2.24) is 0 Å². The van der Waals surface area contributed by atoms with E-state index in [1.54, 1.807) is 0 Å². The summed E-state index contributed by atoms with van der Waals surface area (Å²) in [6.45, 7) is 1.94. The van der Waals surface area contributed by atoms with E-state index in [4.69, 9.17) is 0 Å². The first-order valence-electron chi connectivity index (χ1n) is 4.03. The van der Waals surface area contributed by atoms with Gasteiger partial charge in [-0.15, -0.1) is 0 Å². The Hall–Kier alpha value is -1.52. The van der Waals surface area contributed by atoms with Crippen LogP contribution in [0, 0.1) is 5.82 Å². The zero-order chi connectivity index (χ0) is 11.5. The molecule has 1 rings (SSSR count). The van der Waals surface area contributed by atoms with Gasteiger partial charge in [0.2, 0.25) is 0 Å². The van der Waals surface area contributed by atoms with E-state index in [9.17, 15) is 17.6 Å². The molecule has 15 heavy (non-hydrogen) atoms. The van der Waals surface area contributed by atoms with Gasteiger partial charge in [0.25, 0.3) is 0 Å². The normalized spacial score (nSPS) is 11.2. The van der Waals surface area contributed by atoms with Gasteiger partial charge in [-0.2, -0.15) is 13.2 Å². The molecule has 0 aromatic heterocycles. The quantitative estimate of drug-likeness (QED) is 0.709. The van der Waals surface area contributed by atoms with Crippen molar-refractivity contribution in [2.24, 2.45) is 0 Å². The molecule has 0 radical (unpaired) electrons. The van der Waals surface area contributed by atoms with Gasteiger partial charge in [0.15, 0.2) is 6.61 Å². The zero-order valence-electron chi connectivity index (χ0n) is 7.64. The summed E-state index contributed by atoms with van der Waals surface area (Å²) in [5.41, 5.74) is 0.368. The van der Waals surface area contributed by atoms with Gasteiger partial charge in [0.05, 0.1) is 0 Å². The lowest BCUT2D eigenvalue weighted by Gasteiger charge is -2.09. The Morgan fingerprint density at radius 1 is 1.27 bits per heavy atom. The highest BCUT2D eigenvalue weighted by molar-refractivity contribution is 5.49. The van der Waals surface area contributed by atoms with Crippen LogP contribution in [-0.2, 0) is 0 Å². The van der Waals surface area contributed by atoms with Crippen LogP contribution in [0.3, 0.4) is 0 Å². The molecule has 0 aliphatic rings. The molecule has 0 atom stereocenters. The predicted octanol–water partition coefficient (Wildman–Crippen LogP) is 3.41. The van der Waals surface area contributed by atoms with Crippen LogP contribution in [0.25, 0.3) is 6.08 Å². The summed E-state index contributed by atoms with van der Waals surface area (Å²) in [6.07, 6.45) is -3.11. The van der Waals surface area contributed by atoms with E-state index < -0.39 is 18.6 Å². The minimum atomic E-state index is -4.43. The van der Waals surface area contributed by atoms with Crippen LogP contribution in [-0.4, -0.2) is 12.8 Å². The van der Waals surface area contributed by atoms with Crippen LogP contribution in [0.5, 0.6) is 5.75 Å². The van der Waals surface area contributed by atoms with Crippen molar-refractivity contribution < 1.29 is 22.3 Å². The zero-order valence-corrected chi connectivity index (χ0v) is 7.64. The summed E-state index contributed by atoms with van der Waals surface area (Å²) < 4.78 is 52.6. The van der Waals surface area contributed by atoms with Crippen LogP contribution < -0.4 is 4.74 Å². The van der Waals surface area contributed by atoms with E-state index in [2.05, 4.69) is 11.3 Å². The molecule has 0 aliphatic carbocycles. The van der Waals surface area contributed by atoms with E-state index in [1.807, 2.05) is 0 Å². The van der Waals surface area contributed by atoms with Crippen molar-refractivity contribution in [2.75, 3.05) is 6.61 Å². The van der Waals surface area contributed by atoms with E-state index in [0.29, 0.717) is 5.56 Å². The molecular weight excluding hydrogens is 212 g/mol. The Labute approximate surface area is 84.0 Å². The molecule has 0 saturated heterocycles. The molecule has 0 N–H and O–H groups in total. The molecule has 1 nitrogen and oxygen atoms in total. The standard InChI is InChI=1S/C10H8F4O/c1-2-7-3-8(11)5-9(4-7)15-6-10(12,13)14/h2-5H,1,6H2. The van der Waals surface area contributed by atoms with Crippen LogP contribution in [0.15, 0.2) is 24.8 Å². The highest BCUT2D eigenvalue weighted by atomic mass is 19.4. The van der Waals surface area contributed by atoms with E-state index in [1.165, 1.54) is 12.1 Å². The van der Waals surface area contributed by atoms with Gasteiger partial charge in [-0.1, -0.05) is 12.7 Å². The highest BCUT2D eigenvalue weighted by Gasteiger charge is 2.28. The molecule has 0 saturated carbocycles. The number of ether oxygens (including phenoxy) is 1. The smallest absolute Gasteiger partial charge is 0.422 e. The SMILES string of the molecule is C=Cc1cc(F)cc(OCC(F)(F)F)c1. The third-order valence-corrected chi connectivity index (χ3v) is 1.53. The lowest BCUT2D eigenvalue weighted by molar-refractivity contribution is -0.153. The minimum absolute atomic E-state index is 0.165. The summed E-state index contributed by atoms with van der Waals surface area (Å²) in [5.74, 6) is -0.827. The first-order chi connectivity index (χ1) is 6.90. The Morgan fingerprint density at radius 3 is 2.47 bits per heavy atom. The number of alkyl halides is 3. The summed E-state index contributed by atoms with van der Waals surface area (Å²) >= 11 is 0. The second-order valence-corrected chi connectivity index (χ2v) is 2.83. The highest BCUT2D eigenvalue weighted by Crippen LogP contribution is 2.21. The van der Waals surface area contributed by atoms with Gasteiger partial charge >= 0.3 is 6.18 Å². The maximum atomic E-state index is 12.8. The monoisotopic (exact) mass is 220 g/mol. The molecule has 0 amide bonds. The Morgan fingerprint density at radius 2 is 1.93 bits per heavy atom. The molecule has 0 fully saturated rings. The van der Waals surface area contributed by atoms with Crippen LogP contribution >= 0.6 is 0 Å². The van der Waals surface area contributed by atoms with Gasteiger partial charge in [0, 0.05) is 6.07 Å². The average Bonchev–Trinajstić information content (AvgIpc) is 2.13. The van der Waals surface area contributed by atoms with Crippen LogP contribution in [0.2, 0.25) is 0 Å². The van der Waals surface area contributed by atoms with Crippen molar-refractivity contribution in [3.05, 3.63) is 36.2 Å². The maximum Gasteiger partial charge on any atom is 0.422 e. The third kappa shape index (κ3) is 4.01. The molecule has 1 aromatic carbocycles. The van der Waals surface area contributed by atoms with Gasteiger partial charge in [-0.25, -0.2) is 4.39 Å². The van der Waals surface area contributed by atoms with Crippen molar-refractivity contribution in [3.8, 4) is 5.75 Å². The molecule has 82 valence electrons. The van der Waals surface area contributed by atoms with Gasteiger partial charge in [-0.3, -0.25) is 0 Å². The number of halogens is 4. The summed E-state index contributed by atoms with van der Waals surface area (Å²) in [5, 5.41) is 0. The Kier molecular flexibility index (Phi) is 3.34. The summed E-state index contributed by atoms with van der Waals surface area (Å²) in [7, 11) is 0. The van der Waals surface area contributed by atoms with Crippen molar-refractivity contribution >= 4 is 6.08 Å². The molecule has 0 aliphatic heterocycles. The van der Waals surface area contributed by atoms with Crippen molar-refractivity contribution in [2.45, 2.75) is 6.18 Å². The number of rotatable bonds is 3. The first kappa shape index (κ1) is 11.6. The minimum Gasteiger partial charge on any atom is -0.484 e. The lowest BCUT2D eigenvalue weighted by Crippen LogP contribution is -2.19. The number of hydrogen-bond acceptors (Lipinski definition) is 1. The first-order valence-corrected chi connectivity index (χ1v) is 4.03. The Bertz CT molecular complexity index is 357. The van der Waals surface area contributed by atoms with Gasteiger partial charge < -0.3 is 4.74 Å². The van der Waals surface area contributed by atoms with Gasteiger partial charge in [-0.05, 0) is 17.7 Å². The fourth-order valence-corrected chi connectivity index (χ4v) is 0.951. The van der Waals surface area contributed by atoms with Crippen molar-refractivity contribution in [3.63, 3.8) is 0 Å². The number of benzene rings is 1.